The lowest BCUT2D eigenvalue weighted by molar-refractivity contribution is 0.534. The zero-order valence-electron chi connectivity index (χ0n) is 8.53. The number of hydrogen-bond donors (Lipinski definition) is 0. The fourth-order valence-corrected chi connectivity index (χ4v) is 2.36. The standard InChI is InChI=1S/C12H8ClNOS/c1-8-5-9(7-15-8)12(13)10(6-14)11-3-2-4-16-11/h2-5,7H,1H3/b12-10+. The van der Waals surface area contributed by atoms with Crippen molar-refractivity contribution in [3.05, 3.63) is 46.0 Å². The van der Waals surface area contributed by atoms with Gasteiger partial charge < -0.3 is 4.42 Å². The molecule has 0 spiro atoms. The van der Waals surface area contributed by atoms with E-state index in [-0.39, 0.29) is 0 Å². The van der Waals surface area contributed by atoms with Crippen molar-refractivity contribution in [2.75, 3.05) is 0 Å². The lowest BCUT2D eigenvalue weighted by atomic mass is 10.1. The van der Waals surface area contributed by atoms with Crippen LogP contribution in [0.2, 0.25) is 0 Å². The van der Waals surface area contributed by atoms with E-state index >= 15 is 0 Å². The maximum atomic E-state index is 9.12. The Morgan fingerprint density at radius 3 is 2.88 bits per heavy atom. The summed E-state index contributed by atoms with van der Waals surface area (Å²) in [5.74, 6) is 0.775. The van der Waals surface area contributed by atoms with Gasteiger partial charge in [-0.25, -0.2) is 0 Å². The van der Waals surface area contributed by atoms with Gasteiger partial charge in [0, 0.05) is 10.4 Å². The molecule has 0 aromatic carbocycles. The van der Waals surface area contributed by atoms with Crippen LogP contribution in [0.25, 0.3) is 10.6 Å². The summed E-state index contributed by atoms with van der Waals surface area (Å²) in [6.07, 6.45) is 1.56. The Morgan fingerprint density at radius 1 is 1.56 bits per heavy atom. The third kappa shape index (κ3) is 2.04. The Kier molecular flexibility index (Phi) is 3.14. The Bertz CT molecular complexity index is 560. The van der Waals surface area contributed by atoms with Gasteiger partial charge in [-0.2, -0.15) is 5.26 Å². The van der Waals surface area contributed by atoms with Crippen LogP contribution in [-0.2, 0) is 0 Å². The predicted octanol–water partition coefficient (Wildman–Crippen LogP) is 4.28. The highest BCUT2D eigenvalue weighted by Crippen LogP contribution is 2.32. The van der Waals surface area contributed by atoms with Gasteiger partial charge in [-0.05, 0) is 24.4 Å². The van der Waals surface area contributed by atoms with Crippen LogP contribution < -0.4 is 0 Å². The fraction of sp³-hybridized carbons (Fsp3) is 0.0833. The van der Waals surface area contributed by atoms with Gasteiger partial charge in [0.15, 0.2) is 0 Å². The molecule has 4 heteroatoms. The average Bonchev–Trinajstić information content (AvgIpc) is 2.90. The Morgan fingerprint density at radius 2 is 2.38 bits per heavy atom. The molecule has 0 fully saturated rings. The number of allylic oxidation sites excluding steroid dienone is 1. The molecule has 0 bridgehead atoms. The number of hydrogen-bond acceptors (Lipinski definition) is 3. The van der Waals surface area contributed by atoms with Crippen LogP contribution in [0.4, 0.5) is 0 Å². The molecule has 2 rings (SSSR count). The summed E-state index contributed by atoms with van der Waals surface area (Å²) in [5.41, 5.74) is 1.22. The van der Waals surface area contributed by atoms with Crippen molar-refractivity contribution in [1.82, 2.24) is 0 Å². The number of aryl methyl sites for hydroxylation is 1. The first-order valence-electron chi connectivity index (χ1n) is 4.61. The van der Waals surface area contributed by atoms with Gasteiger partial charge in [0.2, 0.25) is 0 Å². The topological polar surface area (TPSA) is 36.9 Å². The summed E-state index contributed by atoms with van der Waals surface area (Å²) in [7, 11) is 0. The van der Waals surface area contributed by atoms with Crippen molar-refractivity contribution in [2.45, 2.75) is 6.92 Å². The molecule has 16 heavy (non-hydrogen) atoms. The van der Waals surface area contributed by atoms with E-state index in [0.717, 1.165) is 16.2 Å². The second-order valence-electron chi connectivity index (χ2n) is 3.22. The maximum Gasteiger partial charge on any atom is 0.102 e. The highest BCUT2D eigenvalue weighted by atomic mass is 35.5. The van der Waals surface area contributed by atoms with Gasteiger partial charge in [-0.15, -0.1) is 11.3 Å². The van der Waals surface area contributed by atoms with Gasteiger partial charge in [0.25, 0.3) is 0 Å². The van der Waals surface area contributed by atoms with Crippen LogP contribution in [0, 0.1) is 18.3 Å². The molecule has 0 saturated carbocycles. The van der Waals surface area contributed by atoms with Crippen molar-refractivity contribution in [2.24, 2.45) is 0 Å². The minimum absolute atomic E-state index is 0.432. The molecule has 0 amide bonds. The third-order valence-electron chi connectivity index (χ3n) is 2.08. The first-order chi connectivity index (χ1) is 7.72. The van der Waals surface area contributed by atoms with E-state index in [1.165, 1.54) is 11.3 Å². The highest BCUT2D eigenvalue weighted by Gasteiger charge is 2.11. The SMILES string of the molecule is Cc1cc(/C(Cl)=C(/C#N)c2cccs2)co1. The van der Waals surface area contributed by atoms with E-state index in [0.29, 0.717) is 10.6 Å². The largest absolute Gasteiger partial charge is 0.469 e. The molecule has 0 unspecified atom stereocenters. The molecule has 0 aliphatic heterocycles. The van der Waals surface area contributed by atoms with E-state index in [4.69, 9.17) is 21.3 Å². The lowest BCUT2D eigenvalue weighted by Crippen LogP contribution is -1.80. The van der Waals surface area contributed by atoms with Crippen molar-refractivity contribution in [3.63, 3.8) is 0 Å². The van der Waals surface area contributed by atoms with Crippen molar-refractivity contribution in [3.8, 4) is 6.07 Å². The van der Waals surface area contributed by atoms with Gasteiger partial charge in [0.1, 0.15) is 11.8 Å². The molecule has 2 aromatic heterocycles. The number of furan rings is 1. The first kappa shape index (κ1) is 11.0. The molecule has 0 saturated heterocycles. The normalized spacial score (nSPS) is 12.1. The summed E-state index contributed by atoms with van der Waals surface area (Å²) in [5, 5.41) is 11.5. The minimum atomic E-state index is 0.432. The molecule has 0 atom stereocenters. The zero-order valence-corrected chi connectivity index (χ0v) is 10.1. The molecule has 2 nitrogen and oxygen atoms in total. The van der Waals surface area contributed by atoms with Crippen LogP contribution >= 0.6 is 22.9 Å². The number of nitrogens with zero attached hydrogens (tertiary/aromatic N) is 1. The molecule has 2 aromatic rings. The van der Waals surface area contributed by atoms with E-state index in [1.54, 1.807) is 6.26 Å². The first-order valence-corrected chi connectivity index (χ1v) is 5.87. The number of thiophene rings is 1. The molecular weight excluding hydrogens is 242 g/mol. The maximum absolute atomic E-state index is 9.12. The fourth-order valence-electron chi connectivity index (χ4n) is 1.34. The molecular formula is C12H8ClNOS. The van der Waals surface area contributed by atoms with Crippen LogP contribution in [0.5, 0.6) is 0 Å². The number of rotatable bonds is 2. The Balaban J connectivity index is 2.51. The molecule has 80 valence electrons. The average molecular weight is 250 g/mol. The molecule has 0 aliphatic rings. The molecule has 2 heterocycles. The smallest absolute Gasteiger partial charge is 0.102 e. The van der Waals surface area contributed by atoms with Gasteiger partial charge >= 0.3 is 0 Å². The third-order valence-corrected chi connectivity index (χ3v) is 3.38. The lowest BCUT2D eigenvalue weighted by Gasteiger charge is -1.97. The monoisotopic (exact) mass is 249 g/mol. The van der Waals surface area contributed by atoms with Gasteiger partial charge in [-0.1, -0.05) is 17.7 Å². The molecule has 0 radical (unpaired) electrons. The van der Waals surface area contributed by atoms with Crippen molar-refractivity contribution >= 4 is 33.5 Å². The second-order valence-corrected chi connectivity index (χ2v) is 4.55. The predicted molar refractivity (Wildman–Crippen MR) is 66.0 cm³/mol. The summed E-state index contributed by atoms with van der Waals surface area (Å²) in [4.78, 5) is 0.867. The minimum Gasteiger partial charge on any atom is -0.469 e. The second kappa shape index (κ2) is 4.56. The van der Waals surface area contributed by atoms with E-state index in [1.807, 2.05) is 30.5 Å². The Hall–Kier alpha value is -1.50. The van der Waals surface area contributed by atoms with E-state index < -0.39 is 0 Å². The van der Waals surface area contributed by atoms with Crippen molar-refractivity contribution < 1.29 is 4.42 Å². The van der Waals surface area contributed by atoms with Crippen LogP contribution in [0.15, 0.2) is 34.3 Å². The zero-order chi connectivity index (χ0) is 11.5. The van der Waals surface area contributed by atoms with E-state index in [9.17, 15) is 0 Å². The highest BCUT2D eigenvalue weighted by molar-refractivity contribution is 7.11. The van der Waals surface area contributed by atoms with Crippen LogP contribution in [-0.4, -0.2) is 0 Å². The summed E-state index contributed by atoms with van der Waals surface area (Å²) in [6, 6.07) is 7.71. The summed E-state index contributed by atoms with van der Waals surface area (Å²) in [6.45, 7) is 1.84. The molecule has 0 N–H and O–H groups in total. The summed E-state index contributed by atoms with van der Waals surface area (Å²) < 4.78 is 5.17. The number of halogens is 1. The quantitative estimate of drug-likeness (QED) is 0.745. The van der Waals surface area contributed by atoms with Gasteiger partial charge in [-0.3, -0.25) is 0 Å². The molecule has 0 aliphatic carbocycles. The number of nitriles is 1. The van der Waals surface area contributed by atoms with E-state index in [2.05, 4.69) is 6.07 Å². The van der Waals surface area contributed by atoms with Crippen LogP contribution in [0.1, 0.15) is 16.2 Å². The Labute approximate surface area is 102 Å². The van der Waals surface area contributed by atoms with Gasteiger partial charge in [0.05, 0.1) is 16.9 Å². The van der Waals surface area contributed by atoms with Crippen LogP contribution in [0.3, 0.4) is 0 Å². The summed E-state index contributed by atoms with van der Waals surface area (Å²) >= 11 is 7.67. The van der Waals surface area contributed by atoms with Crippen molar-refractivity contribution in [1.29, 1.82) is 5.26 Å².